The Morgan fingerprint density at radius 1 is 1.10 bits per heavy atom. The highest BCUT2D eigenvalue weighted by Crippen LogP contribution is 2.32. The molecule has 1 atom stereocenters. The zero-order valence-corrected chi connectivity index (χ0v) is 12.9. The second kappa shape index (κ2) is 6.68. The summed E-state index contributed by atoms with van der Waals surface area (Å²) in [5.41, 5.74) is 1.32. The minimum Gasteiger partial charge on any atom is -0.493 e. The summed E-state index contributed by atoms with van der Waals surface area (Å²) in [6, 6.07) is 10.3. The van der Waals surface area contributed by atoms with Crippen molar-refractivity contribution in [3.63, 3.8) is 0 Å². The second-order valence-corrected chi connectivity index (χ2v) is 4.99. The van der Waals surface area contributed by atoms with Crippen molar-refractivity contribution in [2.24, 2.45) is 0 Å². The Balaban J connectivity index is 2.24. The smallest absolute Gasteiger partial charge is 0.164 e. The highest BCUT2D eigenvalue weighted by Gasteiger charge is 2.13. The number of ether oxygens (including phenoxy) is 2. The number of hydrogen-bond donors (Lipinski definition) is 1. The van der Waals surface area contributed by atoms with Crippen molar-refractivity contribution in [1.29, 1.82) is 0 Å². The Morgan fingerprint density at radius 2 is 1.81 bits per heavy atom. The van der Waals surface area contributed by atoms with Crippen molar-refractivity contribution in [3.05, 3.63) is 52.8 Å². The lowest BCUT2D eigenvalue weighted by Gasteiger charge is -2.18. The number of benzene rings is 2. The van der Waals surface area contributed by atoms with Gasteiger partial charge in [-0.1, -0.05) is 23.7 Å². The molecule has 0 aliphatic rings. The molecule has 0 amide bonds. The van der Waals surface area contributed by atoms with E-state index in [-0.39, 0.29) is 11.1 Å². The zero-order chi connectivity index (χ0) is 15.4. The Morgan fingerprint density at radius 3 is 2.48 bits per heavy atom. The summed E-state index contributed by atoms with van der Waals surface area (Å²) in [7, 11) is 3.16. The Bertz CT molecular complexity index is 634. The van der Waals surface area contributed by atoms with Gasteiger partial charge in [-0.05, 0) is 36.8 Å². The maximum absolute atomic E-state index is 13.9. The van der Waals surface area contributed by atoms with Gasteiger partial charge in [-0.3, -0.25) is 0 Å². The Kier molecular flexibility index (Phi) is 4.91. The Hall–Kier alpha value is -1.94. The van der Waals surface area contributed by atoms with Crippen LogP contribution in [0.15, 0.2) is 36.4 Å². The average Bonchev–Trinajstić information content (AvgIpc) is 2.51. The third kappa shape index (κ3) is 3.39. The van der Waals surface area contributed by atoms with Crippen molar-refractivity contribution in [2.75, 3.05) is 19.5 Å². The van der Waals surface area contributed by atoms with Crippen LogP contribution in [0.1, 0.15) is 18.5 Å². The zero-order valence-electron chi connectivity index (χ0n) is 12.1. The third-order valence-corrected chi connectivity index (χ3v) is 3.52. The highest BCUT2D eigenvalue weighted by molar-refractivity contribution is 6.31. The predicted molar refractivity (Wildman–Crippen MR) is 83.0 cm³/mol. The van der Waals surface area contributed by atoms with Crippen molar-refractivity contribution < 1.29 is 13.9 Å². The maximum atomic E-state index is 13.9. The van der Waals surface area contributed by atoms with Gasteiger partial charge in [0.05, 0.1) is 24.9 Å². The van der Waals surface area contributed by atoms with Gasteiger partial charge in [0.2, 0.25) is 0 Å². The largest absolute Gasteiger partial charge is 0.493 e. The molecule has 0 radical (unpaired) electrons. The molecule has 0 bridgehead atoms. The van der Waals surface area contributed by atoms with E-state index in [1.807, 2.05) is 25.1 Å². The first-order chi connectivity index (χ1) is 10.1. The third-order valence-electron chi connectivity index (χ3n) is 3.23. The SMILES string of the molecule is COc1ccc(C(C)Nc2cccc(Cl)c2F)cc1OC. The summed E-state index contributed by atoms with van der Waals surface area (Å²) < 4.78 is 24.4. The minimum absolute atomic E-state index is 0.0968. The van der Waals surface area contributed by atoms with Crippen LogP contribution in [0.25, 0.3) is 0 Å². The number of rotatable bonds is 5. The molecule has 0 spiro atoms. The molecule has 0 saturated heterocycles. The topological polar surface area (TPSA) is 30.5 Å². The van der Waals surface area contributed by atoms with Gasteiger partial charge >= 0.3 is 0 Å². The number of anilines is 1. The van der Waals surface area contributed by atoms with E-state index in [4.69, 9.17) is 21.1 Å². The van der Waals surface area contributed by atoms with Gasteiger partial charge in [-0.2, -0.15) is 0 Å². The molecule has 0 aromatic heterocycles. The fraction of sp³-hybridized carbons (Fsp3) is 0.250. The van der Waals surface area contributed by atoms with Gasteiger partial charge in [0.15, 0.2) is 17.3 Å². The lowest BCUT2D eigenvalue weighted by atomic mass is 10.1. The van der Waals surface area contributed by atoms with Gasteiger partial charge in [0, 0.05) is 6.04 Å². The van der Waals surface area contributed by atoms with E-state index >= 15 is 0 Å². The number of nitrogens with one attached hydrogen (secondary N) is 1. The van der Waals surface area contributed by atoms with E-state index in [0.717, 1.165) is 5.56 Å². The fourth-order valence-electron chi connectivity index (χ4n) is 2.05. The lowest BCUT2D eigenvalue weighted by Crippen LogP contribution is -2.08. The maximum Gasteiger partial charge on any atom is 0.164 e. The Labute approximate surface area is 128 Å². The van der Waals surface area contributed by atoms with Gasteiger partial charge in [-0.15, -0.1) is 0 Å². The number of halogens is 2. The van der Waals surface area contributed by atoms with E-state index in [9.17, 15) is 4.39 Å². The number of methoxy groups -OCH3 is 2. The molecule has 5 heteroatoms. The summed E-state index contributed by atoms with van der Waals surface area (Å²) in [4.78, 5) is 0. The summed E-state index contributed by atoms with van der Waals surface area (Å²) in [6.07, 6.45) is 0. The average molecular weight is 310 g/mol. The normalized spacial score (nSPS) is 11.9. The van der Waals surface area contributed by atoms with Crippen LogP contribution in [0.5, 0.6) is 11.5 Å². The molecule has 0 fully saturated rings. The summed E-state index contributed by atoms with van der Waals surface area (Å²) in [6.45, 7) is 1.93. The van der Waals surface area contributed by atoms with Crippen molar-refractivity contribution in [2.45, 2.75) is 13.0 Å². The van der Waals surface area contributed by atoms with Crippen molar-refractivity contribution >= 4 is 17.3 Å². The second-order valence-electron chi connectivity index (χ2n) is 4.58. The highest BCUT2D eigenvalue weighted by atomic mass is 35.5. The van der Waals surface area contributed by atoms with Crippen LogP contribution in [0.3, 0.4) is 0 Å². The quantitative estimate of drug-likeness (QED) is 0.870. The minimum atomic E-state index is -0.452. The first kappa shape index (κ1) is 15.4. The molecule has 1 N–H and O–H groups in total. The van der Waals surface area contributed by atoms with Crippen LogP contribution >= 0.6 is 11.6 Å². The molecule has 2 aromatic rings. The van der Waals surface area contributed by atoms with Crippen LogP contribution in [0.2, 0.25) is 5.02 Å². The molecule has 112 valence electrons. The predicted octanol–water partition coefficient (Wildman–Crippen LogP) is 4.67. The van der Waals surface area contributed by atoms with Gasteiger partial charge in [0.25, 0.3) is 0 Å². The van der Waals surface area contributed by atoms with E-state index in [1.54, 1.807) is 26.4 Å². The van der Waals surface area contributed by atoms with Gasteiger partial charge in [0.1, 0.15) is 0 Å². The molecule has 2 rings (SSSR count). The molecule has 0 aliphatic carbocycles. The fourth-order valence-corrected chi connectivity index (χ4v) is 2.23. The van der Waals surface area contributed by atoms with Gasteiger partial charge < -0.3 is 14.8 Å². The molecular weight excluding hydrogens is 293 g/mol. The molecule has 0 saturated carbocycles. The number of hydrogen-bond acceptors (Lipinski definition) is 3. The first-order valence-electron chi connectivity index (χ1n) is 6.49. The van der Waals surface area contributed by atoms with Gasteiger partial charge in [-0.25, -0.2) is 4.39 Å². The van der Waals surface area contributed by atoms with Crippen LogP contribution in [0, 0.1) is 5.82 Å². The molecule has 3 nitrogen and oxygen atoms in total. The molecule has 0 aliphatic heterocycles. The summed E-state index contributed by atoms with van der Waals surface area (Å²) >= 11 is 5.78. The van der Waals surface area contributed by atoms with Crippen molar-refractivity contribution in [3.8, 4) is 11.5 Å². The van der Waals surface area contributed by atoms with E-state index in [0.29, 0.717) is 17.2 Å². The molecular formula is C16H17ClFNO2. The summed E-state index contributed by atoms with van der Waals surface area (Å²) in [5, 5.41) is 3.20. The van der Waals surface area contributed by atoms with E-state index in [2.05, 4.69) is 5.32 Å². The summed E-state index contributed by atoms with van der Waals surface area (Å²) in [5.74, 6) is 0.837. The lowest BCUT2D eigenvalue weighted by molar-refractivity contribution is 0.354. The molecule has 2 aromatic carbocycles. The van der Waals surface area contributed by atoms with Crippen LogP contribution in [0.4, 0.5) is 10.1 Å². The first-order valence-corrected chi connectivity index (χ1v) is 6.87. The monoisotopic (exact) mass is 309 g/mol. The van der Waals surface area contributed by atoms with Crippen LogP contribution in [-0.2, 0) is 0 Å². The molecule has 1 unspecified atom stereocenters. The molecule has 0 heterocycles. The van der Waals surface area contributed by atoms with E-state index in [1.165, 1.54) is 6.07 Å². The molecule has 21 heavy (non-hydrogen) atoms. The van der Waals surface area contributed by atoms with Crippen LogP contribution in [-0.4, -0.2) is 14.2 Å². The van der Waals surface area contributed by atoms with Crippen LogP contribution < -0.4 is 14.8 Å². The standard InChI is InChI=1S/C16H17ClFNO2/c1-10(19-13-6-4-5-12(17)16(13)18)11-7-8-14(20-2)15(9-11)21-3/h4-10,19H,1-3H3. The van der Waals surface area contributed by atoms with Crippen molar-refractivity contribution in [1.82, 2.24) is 0 Å². The van der Waals surface area contributed by atoms with E-state index < -0.39 is 5.82 Å².